The molecule has 0 aromatic heterocycles. The summed E-state index contributed by atoms with van der Waals surface area (Å²) in [5.74, 6) is -3.63. The van der Waals surface area contributed by atoms with Crippen LogP contribution in [-0.4, -0.2) is 17.3 Å². The van der Waals surface area contributed by atoms with E-state index in [0.29, 0.717) is 0 Å². The van der Waals surface area contributed by atoms with Gasteiger partial charge in [-0.3, -0.25) is 4.79 Å². The van der Waals surface area contributed by atoms with Crippen LogP contribution in [-0.2, 0) is 4.79 Å². The van der Waals surface area contributed by atoms with Gasteiger partial charge >= 0.3 is 12.1 Å². The van der Waals surface area contributed by atoms with Gasteiger partial charge in [-0.2, -0.15) is 22.0 Å². The highest BCUT2D eigenvalue weighted by molar-refractivity contribution is 6.65. The molecule has 15 heavy (non-hydrogen) atoms. The van der Waals surface area contributed by atoms with Crippen molar-refractivity contribution >= 4 is 16.8 Å². The summed E-state index contributed by atoms with van der Waals surface area (Å²) < 4.78 is 59.9. The molecule has 0 atom stereocenters. The van der Waals surface area contributed by atoms with Crippen molar-refractivity contribution in [3.63, 3.8) is 0 Å². The lowest BCUT2D eigenvalue weighted by molar-refractivity contribution is -0.137. The quantitative estimate of drug-likeness (QED) is 0.398. The highest BCUT2D eigenvalue weighted by Gasteiger charge is 2.36. The Kier molecular flexibility index (Phi) is 5.48. The fourth-order valence-corrected chi connectivity index (χ4v) is 1.04. The van der Waals surface area contributed by atoms with E-state index in [1.54, 1.807) is 0 Å². The first-order valence-corrected chi connectivity index (χ1v) is 4.67. The average molecular weight is 253 g/mol. The summed E-state index contributed by atoms with van der Waals surface area (Å²) in [5.41, 5.74) is 0. The third kappa shape index (κ3) is 7.53. The second-order valence-corrected chi connectivity index (χ2v) is 3.50. The molecule has 0 N–H and O–H groups in total. The predicted octanol–water partition coefficient (Wildman–Crippen LogP) is 3.90. The summed E-state index contributed by atoms with van der Waals surface area (Å²) >= 11 is 4.59. The predicted molar refractivity (Wildman–Crippen MR) is 44.9 cm³/mol. The van der Waals surface area contributed by atoms with Gasteiger partial charge in [-0.1, -0.05) is 6.42 Å². The lowest BCUT2D eigenvalue weighted by Gasteiger charge is -2.10. The van der Waals surface area contributed by atoms with E-state index in [1.165, 1.54) is 0 Å². The second-order valence-electron chi connectivity index (χ2n) is 3.15. The van der Waals surface area contributed by atoms with Gasteiger partial charge in [-0.15, -0.1) is 0 Å². The number of rotatable bonds is 6. The van der Waals surface area contributed by atoms with Crippen LogP contribution in [0.3, 0.4) is 0 Å². The van der Waals surface area contributed by atoms with Gasteiger partial charge in [0.25, 0.3) is 5.24 Å². The molecule has 0 spiro atoms. The summed E-state index contributed by atoms with van der Waals surface area (Å²) in [6, 6.07) is 0. The zero-order chi connectivity index (χ0) is 12.1. The monoisotopic (exact) mass is 252 g/mol. The Bertz CT molecular complexity index is 214. The van der Waals surface area contributed by atoms with E-state index in [9.17, 15) is 26.7 Å². The van der Waals surface area contributed by atoms with Gasteiger partial charge in [0, 0.05) is 12.8 Å². The van der Waals surface area contributed by atoms with Crippen LogP contribution in [0, 0.1) is 0 Å². The van der Waals surface area contributed by atoms with Crippen LogP contribution >= 0.6 is 11.6 Å². The summed E-state index contributed by atoms with van der Waals surface area (Å²) in [6.07, 6.45) is -6.41. The number of hydrogen-bond donors (Lipinski definition) is 0. The number of hydrogen-bond acceptors (Lipinski definition) is 1. The molecule has 0 saturated heterocycles. The number of halogens is 6. The van der Waals surface area contributed by atoms with Crippen molar-refractivity contribution in [3.8, 4) is 0 Å². The number of carbonyl (C=O) groups is 1. The molecular weight excluding hydrogens is 243 g/mol. The minimum absolute atomic E-state index is 0.000725. The third-order valence-corrected chi connectivity index (χ3v) is 2.02. The topological polar surface area (TPSA) is 17.1 Å². The van der Waals surface area contributed by atoms with Crippen molar-refractivity contribution in [2.75, 3.05) is 0 Å². The molecule has 0 saturated carbocycles. The number of unbranched alkanes of at least 4 members (excludes halogenated alkanes) is 2. The molecule has 0 radical (unpaired) electrons. The maximum absolute atomic E-state index is 12.5. The maximum Gasteiger partial charge on any atom is 0.389 e. The Hall–Kier alpha value is -0.390. The van der Waals surface area contributed by atoms with E-state index in [0.717, 1.165) is 0 Å². The van der Waals surface area contributed by atoms with Gasteiger partial charge in [0.2, 0.25) is 0 Å². The fourth-order valence-electron chi connectivity index (χ4n) is 0.948. The van der Waals surface area contributed by atoms with Gasteiger partial charge in [0.15, 0.2) is 0 Å². The van der Waals surface area contributed by atoms with Crippen LogP contribution in [0.15, 0.2) is 0 Å². The molecule has 1 nitrogen and oxygen atoms in total. The number of alkyl halides is 5. The number of carbonyl (C=O) groups excluding carboxylic acids is 1. The summed E-state index contributed by atoms with van der Waals surface area (Å²) in [6.45, 7) is 0. The first-order valence-electron chi connectivity index (χ1n) is 4.30. The SMILES string of the molecule is O=C(Cl)C(F)(F)CCCCCC(F)(F)F. The summed E-state index contributed by atoms with van der Waals surface area (Å²) in [7, 11) is 0. The van der Waals surface area contributed by atoms with Crippen LogP contribution < -0.4 is 0 Å². The van der Waals surface area contributed by atoms with E-state index in [2.05, 4.69) is 11.6 Å². The molecule has 0 rings (SSSR count). The van der Waals surface area contributed by atoms with E-state index < -0.39 is 30.2 Å². The minimum Gasteiger partial charge on any atom is -0.274 e. The smallest absolute Gasteiger partial charge is 0.274 e. The molecular formula is C8H10ClF5O. The summed E-state index contributed by atoms with van der Waals surface area (Å²) in [4.78, 5) is 10.1. The molecule has 0 heterocycles. The largest absolute Gasteiger partial charge is 0.389 e. The maximum atomic E-state index is 12.5. The zero-order valence-corrected chi connectivity index (χ0v) is 8.47. The second kappa shape index (κ2) is 5.63. The minimum atomic E-state index is -4.26. The Morgan fingerprint density at radius 1 is 0.933 bits per heavy atom. The highest BCUT2D eigenvalue weighted by atomic mass is 35.5. The van der Waals surface area contributed by atoms with Crippen molar-refractivity contribution in [1.29, 1.82) is 0 Å². The normalized spacial score (nSPS) is 12.9. The lowest BCUT2D eigenvalue weighted by Crippen LogP contribution is -2.23. The van der Waals surface area contributed by atoms with Crippen LogP contribution in [0.25, 0.3) is 0 Å². The molecule has 0 fully saturated rings. The molecule has 0 aliphatic heterocycles. The molecule has 0 aliphatic carbocycles. The highest BCUT2D eigenvalue weighted by Crippen LogP contribution is 2.27. The van der Waals surface area contributed by atoms with Gasteiger partial charge in [0.1, 0.15) is 0 Å². The molecule has 0 aromatic rings. The first kappa shape index (κ1) is 14.6. The molecule has 0 aliphatic rings. The van der Waals surface area contributed by atoms with Crippen molar-refractivity contribution in [2.45, 2.75) is 44.2 Å². The van der Waals surface area contributed by atoms with Crippen LogP contribution in [0.5, 0.6) is 0 Å². The van der Waals surface area contributed by atoms with E-state index in [4.69, 9.17) is 0 Å². The van der Waals surface area contributed by atoms with Crippen LogP contribution in [0.4, 0.5) is 22.0 Å². The Morgan fingerprint density at radius 3 is 1.80 bits per heavy atom. The third-order valence-electron chi connectivity index (χ3n) is 1.74. The zero-order valence-electron chi connectivity index (χ0n) is 7.71. The van der Waals surface area contributed by atoms with Crippen molar-refractivity contribution in [2.24, 2.45) is 0 Å². The summed E-state index contributed by atoms with van der Waals surface area (Å²) in [5, 5.41) is -1.77. The molecule has 0 amide bonds. The van der Waals surface area contributed by atoms with Crippen molar-refractivity contribution in [3.05, 3.63) is 0 Å². The standard InChI is InChI=1S/C8H10ClF5O/c9-6(15)7(10,11)4-2-1-3-5-8(12,13)14/h1-5H2. The van der Waals surface area contributed by atoms with Gasteiger partial charge in [-0.05, 0) is 24.4 Å². The molecule has 0 unspecified atom stereocenters. The average Bonchev–Trinajstić information content (AvgIpc) is 2.00. The van der Waals surface area contributed by atoms with Crippen molar-refractivity contribution in [1.82, 2.24) is 0 Å². The van der Waals surface area contributed by atoms with Crippen LogP contribution in [0.2, 0.25) is 0 Å². The first-order chi connectivity index (χ1) is 6.65. The Morgan fingerprint density at radius 2 is 1.40 bits per heavy atom. The van der Waals surface area contributed by atoms with Crippen molar-refractivity contribution < 1.29 is 26.7 Å². The van der Waals surface area contributed by atoms with Gasteiger partial charge in [-0.25, -0.2) is 0 Å². The Labute approximate surface area is 88.6 Å². The molecule has 7 heteroatoms. The van der Waals surface area contributed by atoms with E-state index in [1.807, 2.05) is 0 Å². The molecule has 0 aromatic carbocycles. The fraction of sp³-hybridized carbons (Fsp3) is 0.875. The van der Waals surface area contributed by atoms with Gasteiger partial charge < -0.3 is 0 Å². The Balaban J connectivity index is 3.60. The molecule has 90 valence electrons. The van der Waals surface area contributed by atoms with E-state index in [-0.39, 0.29) is 19.3 Å². The lowest BCUT2D eigenvalue weighted by atomic mass is 10.1. The van der Waals surface area contributed by atoms with E-state index >= 15 is 0 Å². The molecule has 0 bridgehead atoms. The van der Waals surface area contributed by atoms with Crippen LogP contribution in [0.1, 0.15) is 32.1 Å². The van der Waals surface area contributed by atoms with Gasteiger partial charge in [0.05, 0.1) is 0 Å².